The van der Waals surface area contributed by atoms with Crippen LogP contribution in [0.5, 0.6) is 5.75 Å². The second-order valence-electron chi connectivity index (χ2n) is 8.08. The number of ether oxygens (including phenoxy) is 1. The molecule has 0 saturated carbocycles. The normalized spacial score (nSPS) is 14.2. The van der Waals surface area contributed by atoms with Gasteiger partial charge in [0.15, 0.2) is 34.6 Å². The van der Waals surface area contributed by atoms with E-state index < -0.39 is 17.5 Å². The van der Waals surface area contributed by atoms with E-state index in [1.54, 1.807) is 14.1 Å². The Morgan fingerprint density at radius 1 is 1.28 bits per heavy atom. The summed E-state index contributed by atoms with van der Waals surface area (Å²) in [7, 11) is 3.17. The van der Waals surface area contributed by atoms with Crippen LogP contribution < -0.4 is 15.0 Å². The van der Waals surface area contributed by atoms with Crippen molar-refractivity contribution >= 4 is 17.5 Å². The summed E-state index contributed by atoms with van der Waals surface area (Å²) in [6.07, 6.45) is 0.894. The summed E-state index contributed by atoms with van der Waals surface area (Å²) >= 11 is 0. The molecule has 32 heavy (non-hydrogen) atoms. The van der Waals surface area contributed by atoms with Crippen LogP contribution >= 0.6 is 0 Å². The molecule has 1 N–H and O–H groups in total. The van der Waals surface area contributed by atoms with E-state index in [0.29, 0.717) is 37.6 Å². The SMILES string of the molecule is CC(C)Nc1nc(C(=O)N(C)C)c(C#N)nc1N1CCC(Oc2ccc(F)cc2F)CC1. The van der Waals surface area contributed by atoms with Gasteiger partial charge < -0.3 is 19.9 Å². The van der Waals surface area contributed by atoms with Crippen LogP contribution in [0.15, 0.2) is 18.2 Å². The van der Waals surface area contributed by atoms with Gasteiger partial charge in [-0.2, -0.15) is 5.26 Å². The van der Waals surface area contributed by atoms with Gasteiger partial charge >= 0.3 is 0 Å². The predicted octanol–water partition coefficient (Wildman–Crippen LogP) is 3.20. The van der Waals surface area contributed by atoms with Gasteiger partial charge in [-0.3, -0.25) is 4.79 Å². The predicted molar refractivity (Wildman–Crippen MR) is 116 cm³/mol. The molecule has 0 atom stereocenters. The number of amides is 1. The number of carbonyl (C=O) groups excluding carboxylic acids is 1. The first-order chi connectivity index (χ1) is 15.2. The average molecular weight is 444 g/mol. The Bertz CT molecular complexity index is 1030. The Morgan fingerprint density at radius 2 is 1.97 bits per heavy atom. The van der Waals surface area contributed by atoms with E-state index in [4.69, 9.17) is 4.74 Å². The molecule has 1 aromatic carbocycles. The number of benzene rings is 1. The van der Waals surface area contributed by atoms with Crippen LogP contribution in [0, 0.1) is 23.0 Å². The smallest absolute Gasteiger partial charge is 0.275 e. The summed E-state index contributed by atoms with van der Waals surface area (Å²) in [4.78, 5) is 24.7. The van der Waals surface area contributed by atoms with Crippen LogP contribution in [0.3, 0.4) is 0 Å². The van der Waals surface area contributed by atoms with Crippen LogP contribution in [-0.4, -0.2) is 60.1 Å². The maximum absolute atomic E-state index is 13.9. The van der Waals surface area contributed by atoms with Crippen LogP contribution in [-0.2, 0) is 0 Å². The molecule has 1 aromatic heterocycles. The third-order valence-electron chi connectivity index (χ3n) is 4.95. The minimum Gasteiger partial charge on any atom is -0.487 e. The largest absolute Gasteiger partial charge is 0.487 e. The number of halogens is 2. The standard InChI is InChI=1S/C22H26F2N6O2/c1-13(2)26-20-21(27-17(12-25)19(28-20)22(31)29(3)4)30-9-7-15(8-10-30)32-18-6-5-14(23)11-16(18)24/h5-6,11,13,15H,7-10H2,1-4H3,(H,26,28). The lowest BCUT2D eigenvalue weighted by Gasteiger charge is -2.34. The maximum atomic E-state index is 13.9. The number of nitrogens with one attached hydrogen (secondary N) is 1. The first-order valence-electron chi connectivity index (χ1n) is 10.4. The van der Waals surface area contributed by atoms with E-state index in [1.807, 2.05) is 24.8 Å². The van der Waals surface area contributed by atoms with Gasteiger partial charge in [0.25, 0.3) is 5.91 Å². The number of nitrogens with zero attached hydrogens (tertiary/aromatic N) is 5. The number of hydrogen-bond donors (Lipinski definition) is 1. The molecular weight excluding hydrogens is 418 g/mol. The Kier molecular flexibility index (Phi) is 7.08. The van der Waals surface area contributed by atoms with Crippen LogP contribution in [0.1, 0.15) is 42.9 Å². The van der Waals surface area contributed by atoms with Crippen molar-refractivity contribution < 1.29 is 18.3 Å². The molecule has 0 radical (unpaired) electrons. The molecule has 0 unspecified atom stereocenters. The third-order valence-corrected chi connectivity index (χ3v) is 4.95. The number of hydrogen-bond acceptors (Lipinski definition) is 7. The molecule has 0 spiro atoms. The van der Waals surface area contributed by atoms with Gasteiger partial charge in [-0.1, -0.05) is 0 Å². The van der Waals surface area contributed by atoms with Gasteiger partial charge in [0.1, 0.15) is 18.0 Å². The fourth-order valence-corrected chi connectivity index (χ4v) is 3.39. The topological polar surface area (TPSA) is 94.4 Å². The Labute approximate surface area is 185 Å². The highest BCUT2D eigenvalue weighted by molar-refractivity contribution is 5.94. The molecule has 1 aliphatic rings. The third kappa shape index (κ3) is 5.22. The van der Waals surface area contributed by atoms with E-state index in [2.05, 4.69) is 15.3 Å². The molecule has 0 bridgehead atoms. The van der Waals surface area contributed by atoms with Gasteiger partial charge in [-0.05, 0) is 26.0 Å². The zero-order valence-electron chi connectivity index (χ0n) is 18.5. The lowest BCUT2D eigenvalue weighted by atomic mass is 10.1. The fraction of sp³-hybridized carbons (Fsp3) is 0.455. The summed E-state index contributed by atoms with van der Waals surface area (Å²) in [5.41, 5.74) is -0.0471. The first-order valence-corrected chi connectivity index (χ1v) is 10.4. The van der Waals surface area contributed by atoms with Crippen molar-refractivity contribution in [1.29, 1.82) is 5.26 Å². The molecule has 170 valence electrons. The minimum atomic E-state index is -0.735. The zero-order valence-corrected chi connectivity index (χ0v) is 18.5. The second-order valence-corrected chi connectivity index (χ2v) is 8.08. The van der Waals surface area contributed by atoms with Crippen LogP contribution in [0.4, 0.5) is 20.4 Å². The van der Waals surface area contributed by atoms with E-state index in [-0.39, 0.29) is 29.3 Å². The molecule has 10 heteroatoms. The first kappa shape index (κ1) is 23.2. The minimum absolute atomic E-state index is 0.00518. The van der Waals surface area contributed by atoms with E-state index in [0.717, 1.165) is 12.1 Å². The van der Waals surface area contributed by atoms with Gasteiger partial charge in [-0.25, -0.2) is 18.7 Å². The summed E-state index contributed by atoms with van der Waals surface area (Å²) in [5, 5.41) is 12.8. The molecule has 1 saturated heterocycles. The van der Waals surface area contributed by atoms with Gasteiger partial charge in [-0.15, -0.1) is 0 Å². The fourth-order valence-electron chi connectivity index (χ4n) is 3.39. The molecule has 1 amide bonds. The number of aromatic nitrogens is 2. The van der Waals surface area contributed by atoms with Crippen molar-refractivity contribution in [3.05, 3.63) is 41.2 Å². The number of rotatable bonds is 6. The van der Waals surface area contributed by atoms with Gasteiger partial charge in [0, 0.05) is 52.1 Å². The summed E-state index contributed by atoms with van der Waals surface area (Å²) < 4.78 is 32.7. The number of carbonyl (C=O) groups is 1. The second kappa shape index (κ2) is 9.77. The Hall–Kier alpha value is -3.48. The lowest BCUT2D eigenvalue weighted by Crippen LogP contribution is -2.40. The van der Waals surface area contributed by atoms with E-state index in [9.17, 15) is 18.8 Å². The van der Waals surface area contributed by atoms with Crippen LogP contribution in [0.2, 0.25) is 0 Å². The summed E-state index contributed by atoms with van der Waals surface area (Å²) in [5.74, 6) is -0.865. The molecule has 2 aromatic rings. The van der Waals surface area contributed by atoms with Crippen molar-refractivity contribution in [1.82, 2.24) is 14.9 Å². The summed E-state index contributed by atoms with van der Waals surface area (Å²) in [6, 6.07) is 5.24. The van der Waals surface area contributed by atoms with Crippen LogP contribution in [0.25, 0.3) is 0 Å². The highest BCUT2D eigenvalue weighted by Crippen LogP contribution is 2.29. The number of nitriles is 1. The Balaban J connectivity index is 1.81. The molecule has 3 rings (SSSR count). The van der Waals surface area contributed by atoms with Crippen molar-refractivity contribution in [3.8, 4) is 11.8 Å². The van der Waals surface area contributed by atoms with Crippen molar-refractivity contribution in [2.45, 2.75) is 38.8 Å². The molecule has 2 heterocycles. The maximum Gasteiger partial charge on any atom is 0.275 e. The molecule has 8 nitrogen and oxygen atoms in total. The highest BCUT2D eigenvalue weighted by Gasteiger charge is 2.28. The van der Waals surface area contributed by atoms with Crippen molar-refractivity contribution in [2.24, 2.45) is 0 Å². The number of piperidine rings is 1. The van der Waals surface area contributed by atoms with E-state index in [1.165, 1.54) is 11.0 Å². The Morgan fingerprint density at radius 3 is 2.53 bits per heavy atom. The molecular formula is C22H26F2N6O2. The zero-order chi connectivity index (χ0) is 23.4. The van der Waals surface area contributed by atoms with Gasteiger partial charge in [0.05, 0.1) is 0 Å². The monoisotopic (exact) mass is 444 g/mol. The highest BCUT2D eigenvalue weighted by atomic mass is 19.1. The van der Waals surface area contributed by atoms with Crippen molar-refractivity contribution in [3.63, 3.8) is 0 Å². The van der Waals surface area contributed by atoms with Crippen molar-refractivity contribution in [2.75, 3.05) is 37.4 Å². The molecule has 1 fully saturated rings. The molecule has 0 aliphatic carbocycles. The van der Waals surface area contributed by atoms with E-state index >= 15 is 0 Å². The lowest BCUT2D eigenvalue weighted by molar-refractivity contribution is 0.0821. The molecule has 1 aliphatic heterocycles. The number of anilines is 2. The van der Waals surface area contributed by atoms with Gasteiger partial charge in [0.2, 0.25) is 0 Å². The average Bonchev–Trinajstić information content (AvgIpc) is 2.75. The summed E-state index contributed by atoms with van der Waals surface area (Å²) in [6.45, 7) is 4.93. The quantitative estimate of drug-likeness (QED) is 0.731.